The van der Waals surface area contributed by atoms with E-state index in [0.29, 0.717) is 0 Å². The van der Waals surface area contributed by atoms with Crippen molar-refractivity contribution in [2.24, 2.45) is 0 Å². The molecule has 0 aromatic carbocycles. The average Bonchev–Trinajstić information content (AvgIpc) is 2.21. The Kier molecular flexibility index (Phi) is 3.73. The summed E-state index contributed by atoms with van der Waals surface area (Å²) in [5, 5.41) is 2.32. The third-order valence-electron chi connectivity index (χ3n) is 1.53. The number of aromatic nitrogens is 1. The fourth-order valence-electron chi connectivity index (χ4n) is 0.840. The lowest BCUT2D eigenvalue weighted by molar-refractivity contribution is -0.142. The monoisotopic (exact) mass is 212 g/mol. The van der Waals surface area contributed by atoms with E-state index in [9.17, 15) is 14.0 Å². The lowest BCUT2D eigenvalue weighted by Gasteiger charge is -2.02. The third kappa shape index (κ3) is 3.72. The largest absolute Gasteiger partial charge is 0.469 e. The Balaban J connectivity index is 2.51. The van der Waals surface area contributed by atoms with Crippen LogP contribution in [0.4, 0.5) is 10.2 Å². The average molecular weight is 212 g/mol. The number of pyridine rings is 1. The number of ether oxygens (including phenoxy) is 1. The normalized spacial score (nSPS) is 9.47. The predicted octanol–water partition coefficient (Wildman–Crippen LogP) is 0.722. The number of anilines is 1. The molecule has 1 aromatic rings. The van der Waals surface area contributed by atoms with E-state index in [4.69, 9.17) is 0 Å². The van der Waals surface area contributed by atoms with Crippen molar-refractivity contribution in [2.45, 2.75) is 6.42 Å². The number of hydrogen-bond donors (Lipinski definition) is 1. The lowest BCUT2D eigenvalue weighted by atomic mass is 10.4. The Labute approximate surface area is 85.3 Å². The summed E-state index contributed by atoms with van der Waals surface area (Å²) in [7, 11) is 1.19. The van der Waals surface area contributed by atoms with Crippen molar-refractivity contribution in [3.8, 4) is 0 Å². The molecule has 0 bridgehead atoms. The molecule has 1 aromatic heterocycles. The van der Waals surface area contributed by atoms with E-state index < -0.39 is 24.1 Å². The van der Waals surface area contributed by atoms with Gasteiger partial charge in [0.2, 0.25) is 5.91 Å². The van der Waals surface area contributed by atoms with E-state index >= 15 is 0 Å². The first kappa shape index (κ1) is 11.1. The molecule has 6 heteroatoms. The second-order valence-electron chi connectivity index (χ2n) is 2.66. The smallest absolute Gasteiger partial charge is 0.315 e. The maximum Gasteiger partial charge on any atom is 0.315 e. The summed E-state index contributed by atoms with van der Waals surface area (Å²) in [6.45, 7) is 0. The SMILES string of the molecule is COC(=O)CC(=O)Nc1ccc(F)cn1. The van der Waals surface area contributed by atoms with Crippen molar-refractivity contribution in [1.82, 2.24) is 4.98 Å². The van der Waals surface area contributed by atoms with E-state index in [0.717, 1.165) is 12.3 Å². The zero-order chi connectivity index (χ0) is 11.3. The summed E-state index contributed by atoms with van der Waals surface area (Å²) in [4.78, 5) is 25.4. The number of nitrogens with one attached hydrogen (secondary N) is 1. The Morgan fingerprint density at radius 3 is 2.80 bits per heavy atom. The number of rotatable bonds is 3. The number of hydrogen-bond acceptors (Lipinski definition) is 4. The second-order valence-corrected chi connectivity index (χ2v) is 2.66. The molecule has 0 aliphatic heterocycles. The molecule has 1 rings (SSSR count). The molecule has 0 radical (unpaired) electrons. The molecule has 0 spiro atoms. The van der Waals surface area contributed by atoms with Gasteiger partial charge in [-0.3, -0.25) is 9.59 Å². The van der Waals surface area contributed by atoms with Crippen LogP contribution in [0.25, 0.3) is 0 Å². The van der Waals surface area contributed by atoms with E-state index in [1.165, 1.54) is 13.2 Å². The zero-order valence-electron chi connectivity index (χ0n) is 7.99. The minimum absolute atomic E-state index is 0.185. The summed E-state index contributed by atoms with van der Waals surface area (Å²) >= 11 is 0. The summed E-state index contributed by atoms with van der Waals surface area (Å²) in [6.07, 6.45) is 0.573. The number of nitrogens with zero attached hydrogens (tertiary/aromatic N) is 1. The van der Waals surface area contributed by atoms with Crippen LogP contribution in [0.3, 0.4) is 0 Å². The van der Waals surface area contributed by atoms with Crippen molar-refractivity contribution in [3.63, 3.8) is 0 Å². The van der Waals surface area contributed by atoms with Crippen LogP contribution >= 0.6 is 0 Å². The van der Waals surface area contributed by atoms with Gasteiger partial charge in [-0.1, -0.05) is 0 Å². The fraction of sp³-hybridized carbons (Fsp3) is 0.222. The van der Waals surface area contributed by atoms with Gasteiger partial charge in [-0.15, -0.1) is 0 Å². The van der Waals surface area contributed by atoms with E-state index in [1.54, 1.807) is 0 Å². The molecule has 0 aliphatic carbocycles. The Hall–Kier alpha value is -1.98. The van der Waals surface area contributed by atoms with Crippen LogP contribution in [-0.2, 0) is 14.3 Å². The van der Waals surface area contributed by atoms with Gasteiger partial charge in [0.25, 0.3) is 0 Å². The molecule has 1 heterocycles. The maximum absolute atomic E-state index is 12.4. The zero-order valence-corrected chi connectivity index (χ0v) is 7.99. The minimum atomic E-state index is -0.644. The molecule has 0 fully saturated rings. The molecule has 0 saturated heterocycles. The molecule has 1 N–H and O–H groups in total. The van der Waals surface area contributed by atoms with Crippen LogP contribution in [0.2, 0.25) is 0 Å². The van der Waals surface area contributed by atoms with Gasteiger partial charge in [-0.05, 0) is 12.1 Å². The first-order valence-electron chi connectivity index (χ1n) is 4.10. The number of methoxy groups -OCH3 is 1. The van der Waals surface area contributed by atoms with Crippen molar-refractivity contribution in [3.05, 3.63) is 24.1 Å². The molecule has 0 atom stereocenters. The number of halogens is 1. The molecule has 5 nitrogen and oxygen atoms in total. The summed E-state index contributed by atoms with van der Waals surface area (Å²) in [5.41, 5.74) is 0. The third-order valence-corrected chi connectivity index (χ3v) is 1.53. The van der Waals surface area contributed by atoms with Gasteiger partial charge in [0.1, 0.15) is 18.1 Å². The summed E-state index contributed by atoms with van der Waals surface area (Å²) in [6, 6.07) is 2.45. The van der Waals surface area contributed by atoms with Crippen LogP contribution in [-0.4, -0.2) is 24.0 Å². The number of carbonyl (C=O) groups excluding carboxylic acids is 2. The fourth-order valence-corrected chi connectivity index (χ4v) is 0.840. The molecular weight excluding hydrogens is 203 g/mol. The summed E-state index contributed by atoms with van der Waals surface area (Å²) in [5.74, 6) is -1.51. The first-order valence-corrected chi connectivity index (χ1v) is 4.10. The van der Waals surface area contributed by atoms with Gasteiger partial charge in [0, 0.05) is 0 Å². The standard InChI is InChI=1S/C9H9FN2O3/c1-15-9(14)4-8(13)12-7-3-2-6(10)5-11-7/h2-3,5H,4H2,1H3,(H,11,12,13). The highest BCUT2D eigenvalue weighted by Crippen LogP contribution is 2.03. The molecule has 1 amide bonds. The molecule has 0 aliphatic rings. The highest BCUT2D eigenvalue weighted by Gasteiger charge is 2.09. The van der Waals surface area contributed by atoms with Crippen molar-refractivity contribution in [2.75, 3.05) is 12.4 Å². The molecule has 0 unspecified atom stereocenters. The van der Waals surface area contributed by atoms with Gasteiger partial charge in [0.05, 0.1) is 13.3 Å². The van der Waals surface area contributed by atoms with Crippen LogP contribution in [0.15, 0.2) is 18.3 Å². The molecule has 0 saturated carbocycles. The maximum atomic E-state index is 12.4. The first-order chi connectivity index (χ1) is 7.11. The van der Waals surface area contributed by atoms with Gasteiger partial charge >= 0.3 is 5.97 Å². The van der Waals surface area contributed by atoms with E-state index in [2.05, 4.69) is 15.0 Å². The van der Waals surface area contributed by atoms with Gasteiger partial charge < -0.3 is 10.1 Å². The predicted molar refractivity (Wildman–Crippen MR) is 49.5 cm³/mol. The number of amides is 1. The highest BCUT2D eigenvalue weighted by molar-refractivity contribution is 6.01. The van der Waals surface area contributed by atoms with E-state index in [1.807, 2.05) is 0 Å². The lowest BCUT2D eigenvalue weighted by Crippen LogP contribution is -2.17. The van der Waals surface area contributed by atoms with Gasteiger partial charge in [-0.25, -0.2) is 9.37 Å². The molecule has 80 valence electrons. The van der Waals surface area contributed by atoms with Crippen LogP contribution in [0, 0.1) is 5.82 Å². The Morgan fingerprint density at radius 1 is 1.53 bits per heavy atom. The number of carbonyl (C=O) groups is 2. The molecular formula is C9H9FN2O3. The highest BCUT2D eigenvalue weighted by atomic mass is 19.1. The summed E-state index contributed by atoms with van der Waals surface area (Å²) < 4.78 is 16.7. The van der Waals surface area contributed by atoms with Crippen molar-refractivity contribution >= 4 is 17.7 Å². The second kappa shape index (κ2) is 5.04. The van der Waals surface area contributed by atoms with Gasteiger partial charge in [-0.2, -0.15) is 0 Å². The van der Waals surface area contributed by atoms with Crippen LogP contribution in [0.5, 0.6) is 0 Å². The Morgan fingerprint density at radius 2 is 2.27 bits per heavy atom. The van der Waals surface area contributed by atoms with Crippen LogP contribution < -0.4 is 5.32 Å². The van der Waals surface area contributed by atoms with Crippen molar-refractivity contribution < 1.29 is 18.7 Å². The Bertz CT molecular complexity index is 364. The van der Waals surface area contributed by atoms with Crippen LogP contribution in [0.1, 0.15) is 6.42 Å². The number of esters is 1. The topological polar surface area (TPSA) is 68.3 Å². The van der Waals surface area contributed by atoms with Crippen molar-refractivity contribution in [1.29, 1.82) is 0 Å². The molecule has 15 heavy (non-hydrogen) atoms. The van der Waals surface area contributed by atoms with Gasteiger partial charge in [0.15, 0.2) is 0 Å². The minimum Gasteiger partial charge on any atom is -0.469 e. The quantitative estimate of drug-likeness (QED) is 0.592. The van der Waals surface area contributed by atoms with E-state index in [-0.39, 0.29) is 5.82 Å².